The minimum absolute atomic E-state index is 0.112. The number of hydrogen-bond acceptors (Lipinski definition) is 6. The Balaban J connectivity index is 4.48. The SMILES string of the molecule is CC/C=C\C/C=C\C/C=C\C/C=C\CCCCC(=O)OC[C@H](COC(=O)CCC/C=C\C/C=C\C/C=C\CCCCCCCC)OC(=O)CCCCCCCCCCCCCCCCCCCCC. The lowest BCUT2D eigenvalue weighted by Gasteiger charge is -2.18. The second-order valence-corrected chi connectivity index (χ2v) is 19.2. The molecule has 0 bridgehead atoms. The number of carbonyl (C=O) groups excluding carboxylic acids is 3. The summed E-state index contributed by atoms with van der Waals surface area (Å²) < 4.78 is 16.8. The minimum atomic E-state index is -0.813. The third-order valence-corrected chi connectivity index (χ3v) is 12.4. The van der Waals surface area contributed by atoms with Gasteiger partial charge in [-0.1, -0.05) is 254 Å². The summed E-state index contributed by atoms with van der Waals surface area (Å²) in [5.74, 6) is -0.994. The van der Waals surface area contributed by atoms with E-state index in [9.17, 15) is 14.4 Å². The van der Waals surface area contributed by atoms with Crippen LogP contribution in [0, 0.1) is 0 Å². The summed E-state index contributed by atoms with van der Waals surface area (Å²) in [5, 5.41) is 0. The van der Waals surface area contributed by atoms with Crippen molar-refractivity contribution in [3.8, 4) is 0 Å². The molecule has 0 saturated heterocycles. The summed E-state index contributed by atoms with van der Waals surface area (Å²) in [6, 6.07) is 0. The van der Waals surface area contributed by atoms with Crippen molar-refractivity contribution in [2.75, 3.05) is 13.2 Å². The summed E-state index contributed by atoms with van der Waals surface area (Å²) in [4.78, 5) is 38.1. The summed E-state index contributed by atoms with van der Waals surface area (Å²) in [6.07, 6.45) is 74.4. The molecule has 0 aromatic heterocycles. The average Bonchev–Trinajstić information content (AvgIpc) is 3.35. The predicted molar refractivity (Wildman–Crippen MR) is 297 cm³/mol. The topological polar surface area (TPSA) is 78.9 Å². The Morgan fingerprint density at radius 3 is 0.971 bits per heavy atom. The van der Waals surface area contributed by atoms with Gasteiger partial charge in [0.05, 0.1) is 0 Å². The normalized spacial score (nSPS) is 12.7. The molecule has 6 heteroatoms. The zero-order valence-corrected chi connectivity index (χ0v) is 45.3. The molecule has 1 atom stereocenters. The molecule has 0 spiro atoms. The van der Waals surface area contributed by atoms with Crippen LogP contribution in [-0.2, 0) is 28.6 Å². The fraction of sp³-hybridized carbons (Fsp3) is 0.730. The van der Waals surface area contributed by atoms with Crippen molar-refractivity contribution in [1.29, 1.82) is 0 Å². The highest BCUT2D eigenvalue weighted by Gasteiger charge is 2.19. The van der Waals surface area contributed by atoms with E-state index in [-0.39, 0.29) is 37.5 Å². The van der Waals surface area contributed by atoms with E-state index >= 15 is 0 Å². The molecule has 0 saturated carbocycles. The smallest absolute Gasteiger partial charge is 0.306 e. The number of carbonyl (C=O) groups is 3. The van der Waals surface area contributed by atoms with E-state index in [0.717, 1.165) is 83.5 Å². The van der Waals surface area contributed by atoms with Crippen LogP contribution in [0.15, 0.2) is 85.1 Å². The Hall–Kier alpha value is -3.41. The van der Waals surface area contributed by atoms with Crippen molar-refractivity contribution < 1.29 is 28.6 Å². The van der Waals surface area contributed by atoms with Crippen molar-refractivity contribution in [3.05, 3.63) is 85.1 Å². The highest BCUT2D eigenvalue weighted by molar-refractivity contribution is 5.71. The zero-order valence-electron chi connectivity index (χ0n) is 45.3. The third kappa shape index (κ3) is 55.4. The van der Waals surface area contributed by atoms with Crippen LogP contribution in [0.2, 0.25) is 0 Å². The quantitative estimate of drug-likeness (QED) is 0.0262. The van der Waals surface area contributed by atoms with E-state index in [1.807, 2.05) is 0 Å². The van der Waals surface area contributed by atoms with Gasteiger partial charge in [-0.05, 0) is 89.9 Å². The third-order valence-electron chi connectivity index (χ3n) is 12.4. The van der Waals surface area contributed by atoms with Crippen molar-refractivity contribution >= 4 is 17.9 Å². The van der Waals surface area contributed by atoms with Gasteiger partial charge in [0.2, 0.25) is 0 Å². The maximum absolute atomic E-state index is 12.9. The van der Waals surface area contributed by atoms with Crippen LogP contribution in [-0.4, -0.2) is 37.2 Å². The van der Waals surface area contributed by atoms with Crippen LogP contribution in [0.3, 0.4) is 0 Å². The highest BCUT2D eigenvalue weighted by atomic mass is 16.6. The number of rotatable bonds is 52. The Morgan fingerprint density at radius 1 is 0.304 bits per heavy atom. The van der Waals surface area contributed by atoms with Crippen molar-refractivity contribution in [2.24, 2.45) is 0 Å². The van der Waals surface area contributed by atoms with E-state index < -0.39 is 6.10 Å². The monoisotopic (exact) mass is 961 g/mol. The summed E-state index contributed by atoms with van der Waals surface area (Å²) in [5.41, 5.74) is 0. The molecule has 0 aromatic rings. The van der Waals surface area contributed by atoms with Gasteiger partial charge >= 0.3 is 17.9 Å². The fourth-order valence-electron chi connectivity index (χ4n) is 8.04. The van der Waals surface area contributed by atoms with E-state index in [4.69, 9.17) is 14.2 Å². The Bertz CT molecular complexity index is 1330. The van der Waals surface area contributed by atoms with E-state index in [0.29, 0.717) is 19.3 Å². The van der Waals surface area contributed by atoms with Gasteiger partial charge in [-0.3, -0.25) is 14.4 Å². The van der Waals surface area contributed by atoms with E-state index in [1.165, 1.54) is 148 Å². The first kappa shape index (κ1) is 65.6. The van der Waals surface area contributed by atoms with Crippen molar-refractivity contribution in [1.82, 2.24) is 0 Å². The molecule has 0 aliphatic heterocycles. The van der Waals surface area contributed by atoms with Crippen LogP contribution in [0.1, 0.15) is 278 Å². The summed E-state index contributed by atoms with van der Waals surface area (Å²) in [7, 11) is 0. The molecule has 0 N–H and O–H groups in total. The minimum Gasteiger partial charge on any atom is -0.462 e. The van der Waals surface area contributed by atoms with Crippen LogP contribution in [0.5, 0.6) is 0 Å². The zero-order chi connectivity index (χ0) is 50.0. The number of hydrogen-bond donors (Lipinski definition) is 0. The van der Waals surface area contributed by atoms with Gasteiger partial charge in [-0.2, -0.15) is 0 Å². The Labute approximate surface area is 426 Å². The van der Waals surface area contributed by atoms with Gasteiger partial charge in [0.25, 0.3) is 0 Å². The summed E-state index contributed by atoms with van der Waals surface area (Å²) >= 11 is 0. The molecule has 0 aliphatic carbocycles. The lowest BCUT2D eigenvalue weighted by molar-refractivity contribution is -0.167. The standard InChI is InChI=1S/C63H108O6/c1-4-7-10-13-16-19-22-25-28-30-31-33-36-39-42-45-48-51-54-57-63(66)69-60(58-67-61(64)55-52-49-46-43-40-37-34-27-24-21-18-15-12-9-6-3)59-68-62(65)56-53-50-47-44-41-38-35-32-29-26-23-20-17-14-11-8-5-2/h9,12,18,21,26-27,29,34-35,38,40,43-44,47,60H,4-8,10-11,13-17,19-20,22-25,28,30-33,36-37,39,41-42,45-46,48-59H2,1-3H3/b12-9-,21-18-,29-26-,34-27-,38-35-,43-40-,47-44-/t60-/m1/s1. The van der Waals surface area contributed by atoms with Gasteiger partial charge < -0.3 is 14.2 Å². The lowest BCUT2D eigenvalue weighted by atomic mass is 10.0. The summed E-state index contributed by atoms with van der Waals surface area (Å²) in [6.45, 7) is 6.46. The molecule has 0 aromatic carbocycles. The van der Waals surface area contributed by atoms with Gasteiger partial charge in [-0.15, -0.1) is 0 Å². The molecule has 6 nitrogen and oxygen atoms in total. The largest absolute Gasteiger partial charge is 0.462 e. The van der Waals surface area contributed by atoms with E-state index in [2.05, 4.69) is 106 Å². The Morgan fingerprint density at radius 2 is 0.580 bits per heavy atom. The molecule has 69 heavy (non-hydrogen) atoms. The maximum Gasteiger partial charge on any atom is 0.306 e. The molecule has 0 radical (unpaired) electrons. The molecule has 0 rings (SSSR count). The fourth-order valence-corrected chi connectivity index (χ4v) is 8.04. The molecule has 396 valence electrons. The number of allylic oxidation sites excluding steroid dienone is 14. The maximum atomic E-state index is 12.9. The Kier molecular flexibility index (Phi) is 54.3. The first-order valence-electron chi connectivity index (χ1n) is 29.1. The van der Waals surface area contributed by atoms with Gasteiger partial charge in [0.15, 0.2) is 6.10 Å². The van der Waals surface area contributed by atoms with E-state index in [1.54, 1.807) is 0 Å². The van der Waals surface area contributed by atoms with Crippen molar-refractivity contribution in [3.63, 3.8) is 0 Å². The lowest BCUT2D eigenvalue weighted by Crippen LogP contribution is -2.30. The van der Waals surface area contributed by atoms with Crippen LogP contribution >= 0.6 is 0 Å². The average molecular weight is 962 g/mol. The molecule has 0 aliphatic rings. The molecule has 0 fully saturated rings. The molecule has 0 unspecified atom stereocenters. The van der Waals surface area contributed by atoms with Crippen LogP contribution in [0.25, 0.3) is 0 Å². The second kappa shape index (κ2) is 57.2. The molecule has 0 heterocycles. The number of ether oxygens (including phenoxy) is 3. The van der Waals surface area contributed by atoms with Gasteiger partial charge in [-0.25, -0.2) is 0 Å². The first-order valence-corrected chi connectivity index (χ1v) is 29.1. The van der Waals surface area contributed by atoms with Gasteiger partial charge in [0.1, 0.15) is 13.2 Å². The molecular weight excluding hydrogens is 853 g/mol. The second-order valence-electron chi connectivity index (χ2n) is 19.2. The molecular formula is C63H108O6. The van der Waals surface area contributed by atoms with Crippen LogP contribution < -0.4 is 0 Å². The number of esters is 3. The number of unbranched alkanes of at least 4 members (excludes halogenated alkanes) is 27. The highest BCUT2D eigenvalue weighted by Crippen LogP contribution is 2.16. The van der Waals surface area contributed by atoms with Crippen molar-refractivity contribution in [2.45, 2.75) is 284 Å². The van der Waals surface area contributed by atoms with Gasteiger partial charge in [0, 0.05) is 19.3 Å². The molecule has 0 amide bonds. The predicted octanol–water partition coefficient (Wildman–Crippen LogP) is 19.5. The van der Waals surface area contributed by atoms with Crippen LogP contribution in [0.4, 0.5) is 0 Å². The first-order chi connectivity index (χ1) is 34.0.